The van der Waals surface area contributed by atoms with Gasteiger partial charge in [-0.15, -0.1) is 0 Å². The van der Waals surface area contributed by atoms with Crippen molar-refractivity contribution in [3.05, 3.63) is 0 Å². The molecule has 0 spiro atoms. The molecule has 2 N–H and O–H groups in total. The lowest BCUT2D eigenvalue weighted by atomic mass is 10.3. The molecule has 0 saturated heterocycles. The lowest BCUT2D eigenvalue weighted by Crippen LogP contribution is -1.95. The summed E-state index contributed by atoms with van der Waals surface area (Å²) < 4.78 is 0. The van der Waals surface area contributed by atoms with Gasteiger partial charge in [-0.05, 0) is 13.0 Å². The van der Waals surface area contributed by atoms with Gasteiger partial charge in [-0.2, -0.15) is 0 Å². The Morgan fingerprint density at radius 1 is 1.50 bits per heavy atom. The van der Waals surface area contributed by atoms with E-state index in [2.05, 4.69) is 6.92 Å². The first-order valence-corrected chi connectivity index (χ1v) is 2.12. The zero-order valence-corrected chi connectivity index (χ0v) is 3.70. The summed E-state index contributed by atoms with van der Waals surface area (Å²) in [5, 5.41) is 0. The summed E-state index contributed by atoms with van der Waals surface area (Å²) in [6.07, 6.45) is 2.39. The molecule has 0 aliphatic heterocycles. The smallest absolute Gasteiger partial charge is 0.0814 e. The molecular formula is C4H14BN. The van der Waals surface area contributed by atoms with Gasteiger partial charge in [0, 0.05) is 0 Å². The molecule has 0 aromatic carbocycles. The average Bonchev–Trinajstić information content (AvgIpc) is 1.41. The van der Waals surface area contributed by atoms with E-state index >= 15 is 0 Å². The third kappa shape index (κ3) is 8.98. The molecular weight excluding hydrogens is 72.9 g/mol. The van der Waals surface area contributed by atoms with Crippen LogP contribution in [0.25, 0.3) is 0 Å². The summed E-state index contributed by atoms with van der Waals surface area (Å²) in [6, 6.07) is 0. The van der Waals surface area contributed by atoms with E-state index in [-0.39, 0.29) is 8.41 Å². The molecule has 0 radical (unpaired) electrons. The number of hydrogen-bond donors (Lipinski definition) is 1. The lowest BCUT2D eigenvalue weighted by molar-refractivity contribution is 0.807. The van der Waals surface area contributed by atoms with Crippen LogP contribution in [0.2, 0.25) is 0 Å². The molecule has 0 aromatic rings. The highest BCUT2D eigenvalue weighted by Gasteiger charge is 1.67. The van der Waals surface area contributed by atoms with Crippen molar-refractivity contribution in [1.82, 2.24) is 0 Å². The molecule has 0 amide bonds. The molecule has 0 aliphatic carbocycles. The molecule has 0 fully saturated rings. The van der Waals surface area contributed by atoms with E-state index in [1.807, 2.05) is 0 Å². The lowest BCUT2D eigenvalue weighted by Gasteiger charge is -1.80. The number of hydrogen-bond acceptors (Lipinski definition) is 1. The predicted octanol–water partition coefficient (Wildman–Crippen LogP) is -0.439. The standard InChI is InChI=1S/C4H11N.BH3/c1-2-3-4-5;/h2-5H2,1H3;1H3. The van der Waals surface area contributed by atoms with Crippen LogP contribution in [0.5, 0.6) is 0 Å². The van der Waals surface area contributed by atoms with Crippen LogP contribution in [-0.2, 0) is 0 Å². The van der Waals surface area contributed by atoms with Crippen LogP contribution in [-0.4, -0.2) is 15.0 Å². The van der Waals surface area contributed by atoms with Crippen molar-refractivity contribution >= 4 is 8.41 Å². The first kappa shape index (κ1) is 9.39. The van der Waals surface area contributed by atoms with Gasteiger partial charge in [0.1, 0.15) is 0 Å². The largest absolute Gasteiger partial charge is 0.330 e. The molecule has 0 saturated carbocycles. The van der Waals surface area contributed by atoms with Crippen LogP contribution in [0.15, 0.2) is 0 Å². The Labute approximate surface area is 41.5 Å². The normalized spacial score (nSPS) is 7.00. The quantitative estimate of drug-likeness (QED) is 0.454. The minimum Gasteiger partial charge on any atom is -0.330 e. The fourth-order valence-electron chi connectivity index (χ4n) is 0.204. The molecule has 2 heteroatoms. The second-order valence-electron chi connectivity index (χ2n) is 1.14. The van der Waals surface area contributed by atoms with Gasteiger partial charge in [-0.1, -0.05) is 13.3 Å². The fourth-order valence-corrected chi connectivity index (χ4v) is 0.204. The maximum Gasteiger partial charge on any atom is 0.0814 e. The summed E-state index contributed by atoms with van der Waals surface area (Å²) >= 11 is 0. The van der Waals surface area contributed by atoms with Crippen LogP contribution in [0.1, 0.15) is 19.8 Å². The second-order valence-corrected chi connectivity index (χ2v) is 1.14. The Balaban J connectivity index is 0. The maximum atomic E-state index is 5.14. The van der Waals surface area contributed by atoms with Crippen LogP contribution in [0.4, 0.5) is 0 Å². The van der Waals surface area contributed by atoms with Crippen LogP contribution in [0.3, 0.4) is 0 Å². The minimum absolute atomic E-state index is 0. The van der Waals surface area contributed by atoms with Crippen molar-refractivity contribution in [2.45, 2.75) is 19.8 Å². The molecule has 0 atom stereocenters. The van der Waals surface area contributed by atoms with Gasteiger partial charge >= 0.3 is 0 Å². The molecule has 6 heavy (non-hydrogen) atoms. The minimum atomic E-state index is 0. The number of nitrogens with two attached hydrogens (primary N) is 1. The van der Waals surface area contributed by atoms with Crippen molar-refractivity contribution in [2.24, 2.45) is 5.73 Å². The maximum absolute atomic E-state index is 5.14. The first-order chi connectivity index (χ1) is 2.41. The predicted molar refractivity (Wildman–Crippen MR) is 33.9 cm³/mol. The zero-order chi connectivity index (χ0) is 4.12. The molecule has 0 rings (SSSR count). The van der Waals surface area contributed by atoms with E-state index in [0.29, 0.717) is 0 Å². The van der Waals surface area contributed by atoms with E-state index in [0.717, 1.165) is 6.54 Å². The van der Waals surface area contributed by atoms with Gasteiger partial charge < -0.3 is 5.73 Å². The first-order valence-electron chi connectivity index (χ1n) is 2.12. The van der Waals surface area contributed by atoms with Gasteiger partial charge in [-0.3, -0.25) is 0 Å². The SMILES string of the molecule is B.CCCCN. The van der Waals surface area contributed by atoms with Crippen molar-refractivity contribution in [1.29, 1.82) is 0 Å². The second kappa shape index (κ2) is 8.90. The Morgan fingerprint density at radius 3 is 2.00 bits per heavy atom. The van der Waals surface area contributed by atoms with E-state index < -0.39 is 0 Å². The Hall–Kier alpha value is 0.0249. The van der Waals surface area contributed by atoms with E-state index in [9.17, 15) is 0 Å². The third-order valence-corrected chi connectivity index (χ3v) is 0.558. The Kier molecular flexibility index (Phi) is 13.9. The highest BCUT2D eigenvalue weighted by molar-refractivity contribution is 5.75. The van der Waals surface area contributed by atoms with Gasteiger partial charge in [0.25, 0.3) is 0 Å². The molecule has 38 valence electrons. The van der Waals surface area contributed by atoms with Crippen LogP contribution < -0.4 is 5.73 Å². The van der Waals surface area contributed by atoms with Gasteiger partial charge in [-0.25, -0.2) is 0 Å². The summed E-state index contributed by atoms with van der Waals surface area (Å²) in [7, 11) is 0. The monoisotopic (exact) mass is 87.1 g/mol. The van der Waals surface area contributed by atoms with Crippen molar-refractivity contribution in [3.8, 4) is 0 Å². The topological polar surface area (TPSA) is 26.0 Å². The zero-order valence-electron chi connectivity index (χ0n) is 3.70. The number of unbranched alkanes of at least 4 members (excludes halogenated alkanes) is 1. The van der Waals surface area contributed by atoms with Crippen molar-refractivity contribution in [2.75, 3.05) is 6.54 Å². The Morgan fingerprint density at radius 2 is 2.00 bits per heavy atom. The summed E-state index contributed by atoms with van der Waals surface area (Å²) in [4.78, 5) is 0. The third-order valence-electron chi connectivity index (χ3n) is 0.558. The molecule has 0 aromatic heterocycles. The summed E-state index contributed by atoms with van der Waals surface area (Å²) in [5.41, 5.74) is 5.14. The van der Waals surface area contributed by atoms with E-state index in [1.165, 1.54) is 12.8 Å². The van der Waals surface area contributed by atoms with Crippen molar-refractivity contribution in [3.63, 3.8) is 0 Å². The van der Waals surface area contributed by atoms with Crippen LogP contribution in [0, 0.1) is 0 Å². The highest BCUT2D eigenvalue weighted by Crippen LogP contribution is 1.77. The molecule has 0 bridgehead atoms. The summed E-state index contributed by atoms with van der Waals surface area (Å²) in [5.74, 6) is 0. The average molecular weight is 87.0 g/mol. The number of rotatable bonds is 2. The van der Waals surface area contributed by atoms with Crippen molar-refractivity contribution < 1.29 is 0 Å². The van der Waals surface area contributed by atoms with Gasteiger partial charge in [0.15, 0.2) is 0 Å². The van der Waals surface area contributed by atoms with Gasteiger partial charge in [0.2, 0.25) is 0 Å². The van der Waals surface area contributed by atoms with Gasteiger partial charge in [0.05, 0.1) is 8.41 Å². The highest BCUT2D eigenvalue weighted by atomic mass is 14.5. The Bertz CT molecular complexity index is 15.0. The van der Waals surface area contributed by atoms with E-state index in [1.54, 1.807) is 0 Å². The molecule has 1 nitrogen and oxygen atoms in total. The van der Waals surface area contributed by atoms with Crippen LogP contribution >= 0.6 is 0 Å². The summed E-state index contributed by atoms with van der Waals surface area (Å²) in [6.45, 7) is 2.98. The molecule has 0 aliphatic rings. The molecule has 0 heterocycles. The fraction of sp³-hybridized carbons (Fsp3) is 1.00. The molecule has 0 unspecified atom stereocenters. The van der Waals surface area contributed by atoms with E-state index in [4.69, 9.17) is 5.73 Å².